The van der Waals surface area contributed by atoms with Crippen LogP contribution in [0.3, 0.4) is 0 Å². The number of carbonyl (C=O) groups excluding carboxylic acids is 1. The summed E-state index contributed by atoms with van der Waals surface area (Å²) < 4.78 is 74.5. The molecule has 0 saturated carbocycles. The molecule has 0 aromatic rings. The van der Waals surface area contributed by atoms with E-state index in [1.807, 2.05) is 0 Å². The van der Waals surface area contributed by atoms with Gasteiger partial charge in [-0.1, -0.05) is 0 Å². The lowest BCUT2D eigenvalue weighted by Crippen LogP contribution is -2.70. The fraction of sp³-hybridized carbons (Fsp3) is 0.955. The Morgan fingerprint density at radius 2 is 0.744 bits per heavy atom. The molecule has 7 rings (SSSR count). The SMILES string of the molecule is CC(=O)N[C@H]1[C@@H](O[C@@H]2[C@@H](O)[C@H](C)O[C@@H](O[C@@H]3[C@H](O)[C@@H](O)[C@@H](O)O[C@@H]3C(=O)O)[C@@H]2O)O[C@H](CO)[C@@H](O)[C@@H]1O[C@@H]1O[C@@H](C)[C@H](O)[C@@H](O)[C@H]1O[C@@H]1O[C@@H](C)[C@H](O)[C@@H](O[C@@H]2O[C@@H](C)[C@H](O)[C@@H](O[C@@H]3O[C@H](CO)[C@@H](O)[C@H](O)[C@H]3O)[C@H]2O)[C@H]1O. The molecule has 0 aliphatic carbocycles. The van der Waals surface area contributed by atoms with Crippen LogP contribution in [0.2, 0.25) is 0 Å². The first-order valence-corrected chi connectivity index (χ1v) is 25.1. The zero-order valence-electron chi connectivity index (χ0n) is 42.3. The molecule has 7 aliphatic rings. The van der Waals surface area contributed by atoms with Crippen LogP contribution in [-0.2, 0) is 71.2 Å². The molecule has 35 atom stereocenters. The zero-order chi connectivity index (χ0) is 57.7. The largest absolute Gasteiger partial charge is 0.479 e. The molecule has 0 bridgehead atoms. The molecule has 7 fully saturated rings. The van der Waals surface area contributed by atoms with Crippen molar-refractivity contribution in [3.8, 4) is 0 Å². The number of carbonyl (C=O) groups is 2. The molecule has 7 aliphatic heterocycles. The summed E-state index contributed by atoms with van der Waals surface area (Å²) in [6.45, 7) is 4.32. The van der Waals surface area contributed by atoms with Gasteiger partial charge in [-0.2, -0.15) is 0 Å². The second-order valence-corrected chi connectivity index (χ2v) is 20.3. The van der Waals surface area contributed by atoms with Gasteiger partial charge in [0.15, 0.2) is 50.1 Å². The molecule has 34 nitrogen and oxygen atoms in total. The van der Waals surface area contributed by atoms with Gasteiger partial charge in [-0.3, -0.25) is 4.79 Å². The molecule has 19 N–H and O–H groups in total. The van der Waals surface area contributed by atoms with E-state index >= 15 is 0 Å². The highest BCUT2D eigenvalue weighted by Gasteiger charge is 2.59. The number of carboxylic acid groups (broad SMARTS) is 1. The first-order chi connectivity index (χ1) is 36.6. The maximum atomic E-state index is 12.9. The van der Waals surface area contributed by atoms with Crippen molar-refractivity contribution in [1.82, 2.24) is 5.32 Å². The molecule has 452 valence electrons. The molecule has 34 heteroatoms. The second kappa shape index (κ2) is 26.1. The van der Waals surface area contributed by atoms with Gasteiger partial charge in [0, 0.05) is 6.92 Å². The Morgan fingerprint density at radius 3 is 1.21 bits per heavy atom. The number of nitrogens with one attached hydrogen (secondary N) is 1. The van der Waals surface area contributed by atoms with Crippen LogP contribution in [-0.4, -0.2) is 332 Å². The van der Waals surface area contributed by atoms with E-state index in [9.17, 15) is 102 Å². The Bertz CT molecular complexity index is 1950. The zero-order valence-corrected chi connectivity index (χ0v) is 42.3. The maximum absolute atomic E-state index is 12.9. The number of hydrogen-bond acceptors (Lipinski definition) is 32. The lowest BCUT2D eigenvalue weighted by molar-refractivity contribution is -0.397. The van der Waals surface area contributed by atoms with Gasteiger partial charge in [-0.15, -0.1) is 0 Å². The van der Waals surface area contributed by atoms with E-state index in [2.05, 4.69) is 5.32 Å². The Kier molecular flexibility index (Phi) is 21.2. The van der Waals surface area contributed by atoms with E-state index < -0.39 is 240 Å². The van der Waals surface area contributed by atoms with Crippen molar-refractivity contribution in [1.29, 1.82) is 0 Å². The summed E-state index contributed by atoms with van der Waals surface area (Å²) in [7, 11) is 0. The summed E-state index contributed by atoms with van der Waals surface area (Å²) in [6, 6.07) is -1.76. The summed E-state index contributed by atoms with van der Waals surface area (Å²) in [5, 5.41) is 197. The summed E-state index contributed by atoms with van der Waals surface area (Å²) in [5.41, 5.74) is 0. The van der Waals surface area contributed by atoms with Crippen LogP contribution in [0.4, 0.5) is 0 Å². The Balaban J connectivity index is 1.10. The van der Waals surface area contributed by atoms with Crippen molar-refractivity contribution >= 4 is 11.9 Å². The minimum atomic E-state index is -2.17. The fourth-order valence-electron chi connectivity index (χ4n) is 10.1. The van der Waals surface area contributed by atoms with Crippen LogP contribution in [0.5, 0.6) is 0 Å². The van der Waals surface area contributed by atoms with Crippen molar-refractivity contribution < 1.29 is 163 Å². The summed E-state index contributed by atoms with van der Waals surface area (Å²) in [5.74, 6) is -2.62. The van der Waals surface area contributed by atoms with Crippen molar-refractivity contribution in [2.75, 3.05) is 13.2 Å². The highest BCUT2D eigenvalue weighted by Crippen LogP contribution is 2.38. The van der Waals surface area contributed by atoms with Crippen molar-refractivity contribution in [3.05, 3.63) is 0 Å². The minimum absolute atomic E-state index is 0.836. The average molecular weight is 1140 g/mol. The summed E-state index contributed by atoms with van der Waals surface area (Å²) >= 11 is 0. The van der Waals surface area contributed by atoms with E-state index in [-0.39, 0.29) is 0 Å². The summed E-state index contributed by atoms with van der Waals surface area (Å²) in [4.78, 5) is 24.9. The first-order valence-electron chi connectivity index (χ1n) is 25.1. The summed E-state index contributed by atoms with van der Waals surface area (Å²) in [6.07, 6.45) is -63.2. The minimum Gasteiger partial charge on any atom is -0.479 e. The Morgan fingerprint density at radius 1 is 0.372 bits per heavy atom. The van der Waals surface area contributed by atoms with Gasteiger partial charge in [0.2, 0.25) is 5.91 Å². The highest BCUT2D eigenvalue weighted by atomic mass is 16.8. The highest BCUT2D eigenvalue weighted by molar-refractivity contribution is 5.73. The molecule has 0 spiro atoms. The lowest BCUT2D eigenvalue weighted by atomic mass is 9.94. The molecule has 0 aromatic heterocycles. The number of amides is 1. The quantitative estimate of drug-likeness (QED) is 0.0682. The molecular formula is C44H73NO33. The van der Waals surface area contributed by atoms with Crippen LogP contribution in [0.15, 0.2) is 0 Å². The van der Waals surface area contributed by atoms with E-state index in [4.69, 9.17) is 61.6 Å². The molecule has 78 heavy (non-hydrogen) atoms. The molecule has 0 radical (unpaired) electrons. The van der Waals surface area contributed by atoms with Crippen molar-refractivity contribution in [2.45, 2.75) is 249 Å². The third-order valence-corrected chi connectivity index (χ3v) is 14.8. The number of rotatable bonds is 16. The monoisotopic (exact) mass is 1140 g/mol. The predicted octanol–water partition coefficient (Wildman–Crippen LogP) is -11.9. The average Bonchev–Trinajstić information content (AvgIpc) is 3.44. The van der Waals surface area contributed by atoms with Gasteiger partial charge >= 0.3 is 5.97 Å². The Labute approximate surface area is 442 Å². The van der Waals surface area contributed by atoms with Gasteiger partial charge in [0.1, 0.15) is 140 Å². The standard InChI is InChI=1S/C44H73NO33/c1-8-16(49)23(56)35(78-43-29(62)33(19(52)11(4)68-43)76-41-28(61)32(18(51)10(3)66-41)75-40-26(59)22(55)20(53)13(6-46)71-40)44(69-8)73-30-15(45-12(5)48)39(70-14(7-47)21(30)54)74-31-17(50)9(2)67-42(27(31)60)77-34-24(57)25(58)38(65)72-36(34)37(63)64/h8-11,13-36,38-44,46-47,49-62,65H,6-7H2,1-5H3,(H,45,48)(H,63,64)/t8-,9-,10-,11-,13+,14+,15+,16-,17-,18-,19-,20+,21+,22-,23+,24+,25+,26+,27+,28+,29+,30+,31+,32+,33+,34+,35+,36-,38-,39+,40-,41-,42-,43-,44-/m0/s1. The van der Waals surface area contributed by atoms with E-state index in [0.717, 1.165) is 6.92 Å². The number of carboxylic acids is 1. The smallest absolute Gasteiger partial charge is 0.335 e. The maximum Gasteiger partial charge on any atom is 0.335 e. The molecule has 0 unspecified atom stereocenters. The van der Waals surface area contributed by atoms with E-state index in [1.54, 1.807) is 0 Å². The normalized spacial score (nSPS) is 53.3. The van der Waals surface area contributed by atoms with Crippen LogP contribution in [0.1, 0.15) is 34.6 Å². The molecule has 1 amide bonds. The predicted molar refractivity (Wildman–Crippen MR) is 238 cm³/mol. The number of hydrogen-bond donors (Lipinski definition) is 19. The second-order valence-electron chi connectivity index (χ2n) is 20.3. The lowest BCUT2D eigenvalue weighted by Gasteiger charge is -2.51. The third kappa shape index (κ3) is 12.9. The van der Waals surface area contributed by atoms with Gasteiger partial charge < -0.3 is 159 Å². The number of aliphatic hydroxyl groups excluding tert-OH is 17. The number of ether oxygens (including phenoxy) is 13. The van der Waals surface area contributed by atoms with Crippen LogP contribution in [0, 0.1) is 0 Å². The number of aliphatic carboxylic acids is 1. The van der Waals surface area contributed by atoms with Crippen molar-refractivity contribution in [2.24, 2.45) is 0 Å². The van der Waals surface area contributed by atoms with Crippen LogP contribution in [0.25, 0.3) is 0 Å². The van der Waals surface area contributed by atoms with E-state index in [1.165, 1.54) is 27.7 Å². The first kappa shape index (κ1) is 63.3. The molecule has 7 heterocycles. The van der Waals surface area contributed by atoms with Gasteiger partial charge in [-0.05, 0) is 27.7 Å². The van der Waals surface area contributed by atoms with E-state index in [0.29, 0.717) is 0 Å². The van der Waals surface area contributed by atoms with Crippen LogP contribution < -0.4 is 5.32 Å². The van der Waals surface area contributed by atoms with Crippen molar-refractivity contribution in [3.63, 3.8) is 0 Å². The topological polar surface area (TPSA) is 530 Å². The Hall–Kier alpha value is -2.26. The van der Waals surface area contributed by atoms with Crippen LogP contribution >= 0.6 is 0 Å². The third-order valence-electron chi connectivity index (χ3n) is 14.8. The van der Waals surface area contributed by atoms with Gasteiger partial charge in [-0.25, -0.2) is 4.79 Å². The number of aliphatic hydroxyl groups is 17. The van der Waals surface area contributed by atoms with Gasteiger partial charge in [0.05, 0.1) is 37.6 Å². The fourth-order valence-corrected chi connectivity index (χ4v) is 10.1. The molecule has 0 aromatic carbocycles. The molecular weight excluding hydrogens is 1070 g/mol. The molecule has 7 saturated heterocycles. The van der Waals surface area contributed by atoms with Gasteiger partial charge in [0.25, 0.3) is 0 Å².